The molecule has 0 aliphatic rings. The molecule has 0 saturated heterocycles. The summed E-state index contributed by atoms with van der Waals surface area (Å²) < 4.78 is 39.8. The average molecular weight is 383 g/mol. The van der Waals surface area contributed by atoms with Crippen LogP contribution in [-0.4, -0.2) is 15.5 Å². The third kappa shape index (κ3) is 4.23. The highest BCUT2D eigenvalue weighted by atomic mass is 32.2. The van der Waals surface area contributed by atoms with Gasteiger partial charge in [-0.05, 0) is 61.4 Å². The Bertz CT molecular complexity index is 1020. The molecule has 0 aromatic heterocycles. The third-order valence-corrected chi connectivity index (χ3v) is 5.71. The molecule has 3 rings (SSSR count). The lowest BCUT2D eigenvalue weighted by Crippen LogP contribution is -2.16. The lowest BCUT2D eigenvalue weighted by Gasteiger charge is -2.16. The van der Waals surface area contributed by atoms with Crippen molar-refractivity contribution in [1.29, 1.82) is 0 Å². The number of hydrogen-bond acceptors (Lipinski definition) is 4. The van der Waals surface area contributed by atoms with Crippen LogP contribution >= 0.6 is 0 Å². The molecule has 0 saturated carbocycles. The Labute approximate surface area is 159 Å². The Hall–Kier alpha value is -2.99. The first-order valence-corrected chi connectivity index (χ1v) is 9.89. The van der Waals surface area contributed by atoms with E-state index in [9.17, 15) is 8.42 Å². The van der Waals surface area contributed by atoms with Crippen LogP contribution in [0.25, 0.3) is 0 Å². The van der Waals surface area contributed by atoms with Gasteiger partial charge >= 0.3 is 0 Å². The van der Waals surface area contributed by atoms with E-state index in [-0.39, 0.29) is 4.90 Å². The molecule has 0 aliphatic heterocycles. The van der Waals surface area contributed by atoms with Crippen LogP contribution in [0.1, 0.15) is 11.1 Å². The van der Waals surface area contributed by atoms with Crippen molar-refractivity contribution in [2.24, 2.45) is 0 Å². The van der Waals surface area contributed by atoms with Crippen molar-refractivity contribution >= 4 is 15.7 Å². The minimum absolute atomic E-state index is 0.234. The summed E-state index contributed by atoms with van der Waals surface area (Å²) in [7, 11) is -2.25. The van der Waals surface area contributed by atoms with Gasteiger partial charge in [0.15, 0.2) is 5.75 Å². The molecule has 0 fully saturated rings. The van der Waals surface area contributed by atoms with Crippen LogP contribution in [-0.2, 0) is 10.0 Å². The van der Waals surface area contributed by atoms with Gasteiger partial charge in [-0.2, -0.15) is 0 Å². The zero-order chi connectivity index (χ0) is 19.4. The molecule has 3 aromatic rings. The smallest absolute Gasteiger partial charge is 0.262 e. The van der Waals surface area contributed by atoms with Gasteiger partial charge in [0.25, 0.3) is 10.0 Å². The summed E-state index contributed by atoms with van der Waals surface area (Å²) in [4.78, 5) is 0.234. The molecule has 1 N–H and O–H groups in total. The highest BCUT2D eigenvalue weighted by Gasteiger charge is 2.22. The Balaban J connectivity index is 1.96. The van der Waals surface area contributed by atoms with E-state index in [1.54, 1.807) is 57.4 Å². The summed E-state index contributed by atoms with van der Waals surface area (Å²) in [5.41, 5.74) is 1.59. The van der Waals surface area contributed by atoms with Gasteiger partial charge in [-0.15, -0.1) is 0 Å². The van der Waals surface area contributed by atoms with Gasteiger partial charge in [-0.25, -0.2) is 8.42 Å². The number of para-hydroxylation sites is 3. The average Bonchev–Trinajstić information content (AvgIpc) is 2.63. The third-order valence-electron chi connectivity index (χ3n) is 4.04. The molecule has 27 heavy (non-hydrogen) atoms. The number of benzene rings is 3. The van der Waals surface area contributed by atoms with Crippen LogP contribution in [0.15, 0.2) is 71.6 Å². The molecular weight excluding hydrogens is 362 g/mol. The highest BCUT2D eigenvalue weighted by molar-refractivity contribution is 7.92. The van der Waals surface area contributed by atoms with E-state index < -0.39 is 10.0 Å². The predicted molar refractivity (Wildman–Crippen MR) is 106 cm³/mol. The van der Waals surface area contributed by atoms with E-state index in [0.29, 0.717) is 34.1 Å². The monoisotopic (exact) mass is 383 g/mol. The standard InChI is InChI=1S/C21H21NO4S/c1-15-13-18(25-3)14-16(2)21(15)27(23,24)22-19-11-7-8-12-20(19)26-17-9-5-4-6-10-17/h4-14,22H,1-3H3. The van der Waals surface area contributed by atoms with Crippen molar-refractivity contribution in [3.8, 4) is 17.2 Å². The number of hydrogen-bond donors (Lipinski definition) is 1. The van der Waals surface area contributed by atoms with E-state index in [4.69, 9.17) is 9.47 Å². The number of methoxy groups -OCH3 is 1. The van der Waals surface area contributed by atoms with Gasteiger partial charge in [-0.1, -0.05) is 30.3 Å². The SMILES string of the molecule is COc1cc(C)c(S(=O)(=O)Nc2ccccc2Oc2ccccc2)c(C)c1. The second-order valence-corrected chi connectivity index (χ2v) is 7.73. The van der Waals surface area contributed by atoms with E-state index in [1.807, 2.05) is 30.3 Å². The first kappa shape index (κ1) is 18.8. The maximum absolute atomic E-state index is 13.0. The molecule has 0 heterocycles. The van der Waals surface area contributed by atoms with Gasteiger partial charge in [0.1, 0.15) is 11.5 Å². The number of sulfonamides is 1. The van der Waals surface area contributed by atoms with Crippen molar-refractivity contribution in [3.05, 3.63) is 77.9 Å². The number of aryl methyl sites for hydroxylation is 2. The Morgan fingerprint density at radius 1 is 0.815 bits per heavy atom. The lowest BCUT2D eigenvalue weighted by molar-refractivity contribution is 0.413. The maximum atomic E-state index is 13.0. The van der Waals surface area contributed by atoms with Crippen molar-refractivity contribution in [1.82, 2.24) is 0 Å². The molecular formula is C21H21NO4S. The van der Waals surface area contributed by atoms with Crippen LogP contribution in [0.2, 0.25) is 0 Å². The zero-order valence-corrected chi connectivity index (χ0v) is 16.2. The summed E-state index contributed by atoms with van der Waals surface area (Å²) in [6.45, 7) is 3.49. The first-order valence-electron chi connectivity index (χ1n) is 8.40. The largest absolute Gasteiger partial charge is 0.497 e. The normalized spacial score (nSPS) is 11.1. The molecule has 0 spiro atoms. The predicted octanol–water partition coefficient (Wildman–Crippen LogP) is 4.91. The van der Waals surface area contributed by atoms with E-state index in [2.05, 4.69) is 4.72 Å². The van der Waals surface area contributed by atoms with Crippen LogP contribution in [0.5, 0.6) is 17.2 Å². The summed E-state index contributed by atoms with van der Waals surface area (Å²) in [5.74, 6) is 1.67. The van der Waals surface area contributed by atoms with Crippen LogP contribution in [0, 0.1) is 13.8 Å². The molecule has 5 nitrogen and oxygen atoms in total. The van der Waals surface area contributed by atoms with Crippen molar-refractivity contribution in [2.45, 2.75) is 18.7 Å². The van der Waals surface area contributed by atoms with Gasteiger partial charge in [-0.3, -0.25) is 4.72 Å². The van der Waals surface area contributed by atoms with E-state index >= 15 is 0 Å². The van der Waals surface area contributed by atoms with Gasteiger partial charge in [0.05, 0.1) is 17.7 Å². The molecule has 0 unspecified atom stereocenters. The molecule has 0 amide bonds. The van der Waals surface area contributed by atoms with E-state index in [0.717, 1.165) is 0 Å². The Kier molecular flexibility index (Phi) is 5.37. The van der Waals surface area contributed by atoms with Gasteiger partial charge < -0.3 is 9.47 Å². The van der Waals surface area contributed by atoms with Crippen molar-refractivity contribution in [2.75, 3.05) is 11.8 Å². The van der Waals surface area contributed by atoms with Gasteiger partial charge in [0.2, 0.25) is 0 Å². The molecule has 6 heteroatoms. The summed E-state index contributed by atoms with van der Waals surface area (Å²) in [6.07, 6.45) is 0. The Morgan fingerprint density at radius 3 is 2.04 bits per heavy atom. The fourth-order valence-corrected chi connectivity index (χ4v) is 4.43. The van der Waals surface area contributed by atoms with E-state index in [1.165, 1.54) is 0 Å². The minimum Gasteiger partial charge on any atom is -0.497 e. The molecule has 0 atom stereocenters. The fourth-order valence-electron chi connectivity index (χ4n) is 2.90. The summed E-state index contributed by atoms with van der Waals surface area (Å²) in [5, 5.41) is 0. The number of ether oxygens (including phenoxy) is 2. The first-order chi connectivity index (χ1) is 12.9. The van der Waals surface area contributed by atoms with Crippen LogP contribution in [0.3, 0.4) is 0 Å². The Morgan fingerprint density at radius 2 is 1.41 bits per heavy atom. The minimum atomic E-state index is -3.80. The second-order valence-electron chi connectivity index (χ2n) is 6.11. The molecule has 0 radical (unpaired) electrons. The molecule has 140 valence electrons. The van der Waals surface area contributed by atoms with Gasteiger partial charge in [0, 0.05) is 0 Å². The van der Waals surface area contributed by atoms with Crippen molar-refractivity contribution in [3.63, 3.8) is 0 Å². The quantitative estimate of drug-likeness (QED) is 0.657. The fraction of sp³-hybridized carbons (Fsp3) is 0.143. The highest BCUT2D eigenvalue weighted by Crippen LogP contribution is 2.33. The summed E-state index contributed by atoms with van der Waals surface area (Å²) in [6, 6.07) is 19.6. The maximum Gasteiger partial charge on any atom is 0.262 e. The van der Waals surface area contributed by atoms with Crippen LogP contribution < -0.4 is 14.2 Å². The van der Waals surface area contributed by atoms with Crippen LogP contribution in [0.4, 0.5) is 5.69 Å². The topological polar surface area (TPSA) is 64.6 Å². The lowest BCUT2D eigenvalue weighted by atomic mass is 10.1. The molecule has 3 aromatic carbocycles. The molecule has 0 aliphatic carbocycles. The number of nitrogens with one attached hydrogen (secondary N) is 1. The number of anilines is 1. The second kappa shape index (κ2) is 7.72. The molecule has 0 bridgehead atoms. The number of rotatable bonds is 6. The zero-order valence-electron chi connectivity index (χ0n) is 15.4. The summed E-state index contributed by atoms with van der Waals surface area (Å²) >= 11 is 0. The van der Waals surface area contributed by atoms with Crippen molar-refractivity contribution < 1.29 is 17.9 Å².